The molecule has 0 aliphatic carbocycles. The number of halogens is 2. The van der Waals surface area contributed by atoms with Crippen molar-refractivity contribution in [1.82, 2.24) is 9.80 Å². The van der Waals surface area contributed by atoms with Crippen molar-refractivity contribution in [3.8, 4) is 0 Å². The van der Waals surface area contributed by atoms with Gasteiger partial charge in [0.15, 0.2) is 0 Å². The van der Waals surface area contributed by atoms with E-state index in [0.29, 0.717) is 17.1 Å². The van der Waals surface area contributed by atoms with E-state index in [1.807, 2.05) is 24.3 Å². The highest BCUT2D eigenvalue weighted by molar-refractivity contribution is 6.33. The van der Waals surface area contributed by atoms with Gasteiger partial charge in [-0.25, -0.2) is 0 Å². The summed E-state index contributed by atoms with van der Waals surface area (Å²) < 4.78 is 0. The molecule has 6 heteroatoms. The summed E-state index contributed by atoms with van der Waals surface area (Å²) in [5, 5.41) is 3.46. The number of nitrogens with zero attached hydrogens (tertiary/aromatic N) is 2. The summed E-state index contributed by atoms with van der Waals surface area (Å²) in [5.41, 5.74) is 1.92. The maximum absolute atomic E-state index is 12.1. The third-order valence-corrected chi connectivity index (χ3v) is 5.07. The van der Waals surface area contributed by atoms with Gasteiger partial charge in [-0.15, -0.1) is 12.4 Å². The first kappa shape index (κ1) is 22.4. The third-order valence-electron chi connectivity index (χ3n) is 4.74. The fraction of sp³-hybridized carbons (Fsp3) is 0.318. The van der Waals surface area contributed by atoms with Gasteiger partial charge in [-0.1, -0.05) is 66.2 Å². The van der Waals surface area contributed by atoms with Crippen LogP contribution in [0.3, 0.4) is 0 Å². The van der Waals surface area contributed by atoms with Gasteiger partial charge in [0.1, 0.15) is 0 Å². The lowest BCUT2D eigenvalue weighted by Crippen LogP contribution is -2.46. The average molecular weight is 420 g/mol. The zero-order valence-electron chi connectivity index (χ0n) is 15.9. The highest BCUT2D eigenvalue weighted by Crippen LogP contribution is 2.20. The SMILES string of the molecule is Cl.O=C(CCN1CCN(CC=Cc2ccccc2)CC1)Nc1ccccc1Cl. The summed E-state index contributed by atoms with van der Waals surface area (Å²) >= 11 is 6.08. The molecule has 2 aromatic rings. The first-order valence-electron chi connectivity index (χ1n) is 9.41. The van der Waals surface area contributed by atoms with Crippen LogP contribution in [-0.2, 0) is 4.79 Å². The maximum atomic E-state index is 12.1. The molecule has 4 nitrogen and oxygen atoms in total. The lowest BCUT2D eigenvalue weighted by atomic mass is 10.2. The van der Waals surface area contributed by atoms with E-state index in [4.69, 9.17) is 11.6 Å². The van der Waals surface area contributed by atoms with Crippen LogP contribution in [0, 0.1) is 0 Å². The highest BCUT2D eigenvalue weighted by atomic mass is 35.5. The first-order valence-corrected chi connectivity index (χ1v) is 9.79. The normalized spacial score (nSPS) is 15.3. The molecular weight excluding hydrogens is 393 g/mol. The van der Waals surface area contributed by atoms with Crippen LogP contribution in [0.1, 0.15) is 12.0 Å². The van der Waals surface area contributed by atoms with Crippen molar-refractivity contribution in [2.45, 2.75) is 6.42 Å². The van der Waals surface area contributed by atoms with Crippen molar-refractivity contribution in [2.24, 2.45) is 0 Å². The summed E-state index contributed by atoms with van der Waals surface area (Å²) in [4.78, 5) is 16.9. The molecule has 3 rings (SSSR count). The van der Waals surface area contributed by atoms with E-state index >= 15 is 0 Å². The van der Waals surface area contributed by atoms with Gasteiger partial charge in [0.05, 0.1) is 10.7 Å². The van der Waals surface area contributed by atoms with E-state index < -0.39 is 0 Å². The molecule has 1 aliphatic heterocycles. The Bertz CT molecular complexity index is 759. The second-order valence-corrected chi connectivity index (χ2v) is 7.14. The molecule has 0 unspecified atom stereocenters. The van der Waals surface area contributed by atoms with E-state index in [0.717, 1.165) is 39.3 Å². The van der Waals surface area contributed by atoms with Gasteiger partial charge in [-0.2, -0.15) is 0 Å². The molecule has 1 saturated heterocycles. The van der Waals surface area contributed by atoms with Crippen LogP contribution in [0.15, 0.2) is 60.7 Å². The second kappa shape index (κ2) is 11.9. The van der Waals surface area contributed by atoms with Crippen LogP contribution in [0.5, 0.6) is 0 Å². The Morgan fingerprint density at radius 3 is 2.32 bits per heavy atom. The van der Waals surface area contributed by atoms with Crippen LogP contribution in [0.2, 0.25) is 5.02 Å². The summed E-state index contributed by atoms with van der Waals surface area (Å²) in [6, 6.07) is 17.7. The Hall–Kier alpha value is -1.85. The number of para-hydroxylation sites is 1. The largest absolute Gasteiger partial charge is 0.325 e. The van der Waals surface area contributed by atoms with Crippen molar-refractivity contribution in [3.63, 3.8) is 0 Å². The summed E-state index contributed by atoms with van der Waals surface area (Å²) in [7, 11) is 0. The summed E-state index contributed by atoms with van der Waals surface area (Å²) in [5.74, 6) is 0.0105. The molecule has 1 amide bonds. The Morgan fingerprint density at radius 2 is 1.61 bits per heavy atom. The van der Waals surface area contributed by atoms with E-state index in [1.165, 1.54) is 5.56 Å². The first-order chi connectivity index (χ1) is 13.2. The van der Waals surface area contributed by atoms with E-state index in [1.54, 1.807) is 6.07 Å². The lowest BCUT2D eigenvalue weighted by molar-refractivity contribution is -0.116. The molecule has 0 radical (unpaired) electrons. The molecule has 1 heterocycles. The lowest BCUT2D eigenvalue weighted by Gasteiger charge is -2.34. The predicted molar refractivity (Wildman–Crippen MR) is 120 cm³/mol. The Morgan fingerprint density at radius 1 is 0.964 bits per heavy atom. The summed E-state index contributed by atoms with van der Waals surface area (Å²) in [6.07, 6.45) is 4.88. The molecule has 1 N–H and O–H groups in total. The Labute approximate surface area is 178 Å². The van der Waals surface area contributed by atoms with Crippen LogP contribution in [0.25, 0.3) is 6.08 Å². The molecule has 150 valence electrons. The van der Waals surface area contributed by atoms with Crippen molar-refractivity contribution < 1.29 is 4.79 Å². The average Bonchev–Trinajstić information content (AvgIpc) is 2.70. The number of carbonyl (C=O) groups is 1. The number of amides is 1. The minimum Gasteiger partial charge on any atom is -0.325 e. The number of hydrogen-bond acceptors (Lipinski definition) is 3. The van der Waals surface area contributed by atoms with Gasteiger partial charge in [-0.05, 0) is 17.7 Å². The van der Waals surface area contributed by atoms with Crippen molar-refractivity contribution in [2.75, 3.05) is 44.6 Å². The van der Waals surface area contributed by atoms with E-state index in [9.17, 15) is 4.79 Å². The zero-order chi connectivity index (χ0) is 18.9. The molecule has 0 spiro atoms. The maximum Gasteiger partial charge on any atom is 0.225 e. The van der Waals surface area contributed by atoms with Crippen molar-refractivity contribution >= 4 is 41.7 Å². The zero-order valence-corrected chi connectivity index (χ0v) is 17.5. The van der Waals surface area contributed by atoms with Gasteiger partial charge in [0, 0.05) is 45.7 Å². The standard InChI is InChI=1S/C22H26ClN3O.ClH/c23-20-10-4-5-11-21(20)24-22(27)12-14-26-17-15-25(16-18-26)13-6-9-19-7-2-1-3-8-19;/h1-11H,12-18H2,(H,24,27);1H. The molecule has 2 aromatic carbocycles. The molecule has 0 bridgehead atoms. The van der Waals surface area contributed by atoms with Crippen molar-refractivity contribution in [3.05, 3.63) is 71.3 Å². The van der Waals surface area contributed by atoms with Gasteiger partial charge < -0.3 is 10.2 Å². The fourth-order valence-electron chi connectivity index (χ4n) is 3.13. The number of piperazine rings is 1. The quantitative estimate of drug-likeness (QED) is 0.720. The summed E-state index contributed by atoms with van der Waals surface area (Å²) in [6.45, 7) is 5.81. The van der Waals surface area contributed by atoms with Gasteiger partial charge in [0.25, 0.3) is 0 Å². The minimum absolute atomic E-state index is 0. The van der Waals surface area contributed by atoms with Crippen LogP contribution >= 0.6 is 24.0 Å². The predicted octanol–water partition coefficient (Wildman–Crippen LogP) is 4.42. The number of carbonyl (C=O) groups excluding carboxylic acids is 1. The number of hydrogen-bond donors (Lipinski definition) is 1. The van der Waals surface area contributed by atoms with Gasteiger partial charge in [-0.3, -0.25) is 9.69 Å². The minimum atomic E-state index is 0. The van der Waals surface area contributed by atoms with Gasteiger partial charge in [0.2, 0.25) is 5.91 Å². The van der Waals surface area contributed by atoms with E-state index in [2.05, 4.69) is 51.5 Å². The second-order valence-electron chi connectivity index (χ2n) is 6.73. The van der Waals surface area contributed by atoms with E-state index in [-0.39, 0.29) is 18.3 Å². The molecule has 1 aliphatic rings. The Balaban J connectivity index is 0.00000280. The number of benzene rings is 2. The highest BCUT2D eigenvalue weighted by Gasteiger charge is 2.16. The monoisotopic (exact) mass is 419 g/mol. The smallest absolute Gasteiger partial charge is 0.225 e. The van der Waals surface area contributed by atoms with Crippen molar-refractivity contribution in [1.29, 1.82) is 0 Å². The Kier molecular flexibility index (Phi) is 9.51. The van der Waals surface area contributed by atoms with Crippen LogP contribution < -0.4 is 5.32 Å². The number of anilines is 1. The van der Waals surface area contributed by atoms with Crippen LogP contribution in [0.4, 0.5) is 5.69 Å². The molecular formula is C22H27Cl2N3O. The van der Waals surface area contributed by atoms with Crippen LogP contribution in [-0.4, -0.2) is 55.0 Å². The molecule has 0 atom stereocenters. The number of nitrogens with one attached hydrogen (secondary N) is 1. The fourth-order valence-corrected chi connectivity index (χ4v) is 3.32. The molecule has 0 saturated carbocycles. The number of rotatable bonds is 7. The van der Waals surface area contributed by atoms with Gasteiger partial charge >= 0.3 is 0 Å². The third kappa shape index (κ3) is 7.28. The molecule has 1 fully saturated rings. The topological polar surface area (TPSA) is 35.6 Å². The molecule has 0 aromatic heterocycles. The molecule has 28 heavy (non-hydrogen) atoms.